The molecule has 1 aromatic carbocycles. The average Bonchev–Trinajstić information content (AvgIpc) is 3.11. The normalized spacial score (nSPS) is 14.7. The van der Waals surface area contributed by atoms with Gasteiger partial charge in [0.2, 0.25) is 11.9 Å². The van der Waals surface area contributed by atoms with E-state index < -0.39 is 0 Å². The van der Waals surface area contributed by atoms with Crippen molar-refractivity contribution in [3.8, 4) is 11.3 Å². The summed E-state index contributed by atoms with van der Waals surface area (Å²) in [5, 5.41) is 4.68. The van der Waals surface area contributed by atoms with Crippen molar-refractivity contribution in [3.05, 3.63) is 54.7 Å². The van der Waals surface area contributed by atoms with Crippen molar-refractivity contribution >= 4 is 17.6 Å². The van der Waals surface area contributed by atoms with Gasteiger partial charge in [0, 0.05) is 37.9 Å². The molecular formula is C19H20N6O. The maximum Gasteiger partial charge on any atom is 0.254 e. The summed E-state index contributed by atoms with van der Waals surface area (Å²) in [6, 6.07) is 10.2. The van der Waals surface area contributed by atoms with E-state index >= 15 is 0 Å². The summed E-state index contributed by atoms with van der Waals surface area (Å²) in [7, 11) is 0. The van der Waals surface area contributed by atoms with Gasteiger partial charge in [0.15, 0.2) is 0 Å². The summed E-state index contributed by atoms with van der Waals surface area (Å²) in [6.07, 6.45) is 3.11. The fraction of sp³-hybridized carbons (Fsp3) is 0.263. The van der Waals surface area contributed by atoms with Gasteiger partial charge in [0.25, 0.3) is 5.78 Å². The van der Waals surface area contributed by atoms with Gasteiger partial charge in [-0.1, -0.05) is 30.3 Å². The molecule has 0 atom stereocenters. The van der Waals surface area contributed by atoms with Crippen LogP contribution in [-0.2, 0) is 4.79 Å². The molecule has 0 N–H and O–H groups in total. The molecule has 3 heterocycles. The Kier molecular flexibility index (Phi) is 4.12. The SMILES string of the molecule is C=CC(=O)N1CCN(c2nc3nccc(-c4cccc(C)c4)n3n2)CC1. The Morgan fingerprint density at radius 2 is 2.00 bits per heavy atom. The lowest BCUT2D eigenvalue weighted by Gasteiger charge is -2.33. The molecule has 1 saturated heterocycles. The summed E-state index contributed by atoms with van der Waals surface area (Å²) in [5.74, 6) is 1.18. The molecule has 1 aliphatic heterocycles. The van der Waals surface area contributed by atoms with Crippen LogP contribution in [0.1, 0.15) is 5.56 Å². The average molecular weight is 348 g/mol. The molecule has 7 nitrogen and oxygen atoms in total. The molecule has 26 heavy (non-hydrogen) atoms. The highest BCUT2D eigenvalue weighted by Crippen LogP contribution is 2.22. The number of benzene rings is 1. The van der Waals surface area contributed by atoms with Crippen molar-refractivity contribution in [2.24, 2.45) is 0 Å². The summed E-state index contributed by atoms with van der Waals surface area (Å²) in [5.41, 5.74) is 3.23. The van der Waals surface area contributed by atoms with Gasteiger partial charge in [-0.05, 0) is 25.1 Å². The highest BCUT2D eigenvalue weighted by Gasteiger charge is 2.23. The maximum atomic E-state index is 11.7. The second kappa shape index (κ2) is 6.59. The van der Waals surface area contributed by atoms with E-state index in [1.165, 1.54) is 11.6 Å². The lowest BCUT2D eigenvalue weighted by atomic mass is 10.1. The molecule has 1 amide bonds. The van der Waals surface area contributed by atoms with E-state index in [9.17, 15) is 4.79 Å². The fourth-order valence-corrected chi connectivity index (χ4v) is 3.20. The number of hydrogen-bond acceptors (Lipinski definition) is 5. The maximum absolute atomic E-state index is 11.7. The fourth-order valence-electron chi connectivity index (χ4n) is 3.20. The van der Waals surface area contributed by atoms with Crippen LogP contribution in [0, 0.1) is 6.92 Å². The first-order chi connectivity index (χ1) is 12.7. The number of aromatic nitrogens is 4. The molecule has 132 valence electrons. The summed E-state index contributed by atoms with van der Waals surface area (Å²) < 4.78 is 1.78. The van der Waals surface area contributed by atoms with Crippen LogP contribution in [0.5, 0.6) is 0 Å². The smallest absolute Gasteiger partial charge is 0.254 e. The minimum Gasteiger partial charge on any atom is -0.336 e. The minimum absolute atomic E-state index is 0.0315. The molecule has 0 radical (unpaired) electrons. The van der Waals surface area contributed by atoms with Gasteiger partial charge in [0.05, 0.1) is 5.69 Å². The van der Waals surface area contributed by atoms with Gasteiger partial charge < -0.3 is 9.80 Å². The Morgan fingerprint density at radius 1 is 1.19 bits per heavy atom. The van der Waals surface area contributed by atoms with E-state index in [0.29, 0.717) is 37.9 Å². The zero-order valence-electron chi connectivity index (χ0n) is 14.7. The van der Waals surface area contributed by atoms with E-state index in [1.807, 2.05) is 12.1 Å². The third-order valence-corrected chi connectivity index (χ3v) is 4.59. The van der Waals surface area contributed by atoms with Gasteiger partial charge >= 0.3 is 0 Å². The molecule has 0 spiro atoms. The van der Waals surface area contributed by atoms with Gasteiger partial charge in [-0.25, -0.2) is 4.98 Å². The van der Waals surface area contributed by atoms with Crippen LogP contribution in [0.3, 0.4) is 0 Å². The third-order valence-electron chi connectivity index (χ3n) is 4.59. The molecule has 7 heteroatoms. The number of fused-ring (bicyclic) bond motifs is 1. The summed E-state index contributed by atoms with van der Waals surface area (Å²) in [6.45, 7) is 8.27. The van der Waals surface area contributed by atoms with Crippen molar-refractivity contribution < 1.29 is 4.79 Å². The van der Waals surface area contributed by atoms with E-state index in [1.54, 1.807) is 15.6 Å². The number of anilines is 1. The highest BCUT2D eigenvalue weighted by molar-refractivity contribution is 5.87. The van der Waals surface area contributed by atoms with Crippen LogP contribution in [0.15, 0.2) is 49.2 Å². The van der Waals surface area contributed by atoms with Crippen molar-refractivity contribution in [3.63, 3.8) is 0 Å². The van der Waals surface area contributed by atoms with Crippen LogP contribution in [0.2, 0.25) is 0 Å². The van der Waals surface area contributed by atoms with E-state index in [-0.39, 0.29) is 5.91 Å². The van der Waals surface area contributed by atoms with Gasteiger partial charge in [-0.2, -0.15) is 9.50 Å². The molecule has 3 aromatic rings. The van der Waals surface area contributed by atoms with Crippen molar-refractivity contribution in [1.29, 1.82) is 0 Å². The van der Waals surface area contributed by atoms with E-state index in [4.69, 9.17) is 0 Å². The number of carbonyl (C=O) groups excluding carboxylic acids is 1. The Morgan fingerprint density at radius 3 is 2.73 bits per heavy atom. The third kappa shape index (κ3) is 2.92. The molecular weight excluding hydrogens is 328 g/mol. The predicted octanol–water partition coefficient (Wildman–Crippen LogP) is 1.93. The van der Waals surface area contributed by atoms with Crippen LogP contribution >= 0.6 is 0 Å². The first-order valence-electron chi connectivity index (χ1n) is 8.61. The number of hydrogen-bond donors (Lipinski definition) is 0. The lowest BCUT2D eigenvalue weighted by Crippen LogP contribution is -2.48. The second-order valence-corrected chi connectivity index (χ2v) is 6.34. The zero-order valence-corrected chi connectivity index (χ0v) is 14.7. The van der Waals surface area contributed by atoms with E-state index in [0.717, 1.165) is 11.3 Å². The Balaban J connectivity index is 1.64. The molecule has 1 aliphatic rings. The molecule has 0 unspecified atom stereocenters. The Hall–Kier alpha value is -3.22. The van der Waals surface area contributed by atoms with Crippen LogP contribution in [0.4, 0.5) is 5.95 Å². The number of amides is 1. The molecule has 4 rings (SSSR count). The van der Waals surface area contributed by atoms with Crippen LogP contribution in [0.25, 0.3) is 17.0 Å². The number of carbonyl (C=O) groups is 1. The number of nitrogens with zero attached hydrogens (tertiary/aromatic N) is 6. The van der Waals surface area contributed by atoms with Gasteiger partial charge in [0.1, 0.15) is 0 Å². The molecule has 1 fully saturated rings. The first-order valence-corrected chi connectivity index (χ1v) is 8.61. The summed E-state index contributed by atoms with van der Waals surface area (Å²) in [4.78, 5) is 24.5. The van der Waals surface area contributed by atoms with Crippen molar-refractivity contribution in [1.82, 2.24) is 24.5 Å². The number of rotatable bonds is 3. The topological polar surface area (TPSA) is 66.6 Å². The largest absolute Gasteiger partial charge is 0.336 e. The summed E-state index contributed by atoms with van der Waals surface area (Å²) >= 11 is 0. The van der Waals surface area contributed by atoms with E-state index in [2.05, 4.69) is 51.7 Å². The van der Waals surface area contributed by atoms with Crippen LogP contribution in [-0.4, -0.2) is 56.6 Å². The Labute approximate surface area is 151 Å². The zero-order chi connectivity index (χ0) is 18.1. The number of aryl methyl sites for hydroxylation is 1. The minimum atomic E-state index is -0.0315. The van der Waals surface area contributed by atoms with Crippen molar-refractivity contribution in [2.45, 2.75) is 6.92 Å². The van der Waals surface area contributed by atoms with Gasteiger partial charge in [-0.15, -0.1) is 5.10 Å². The second-order valence-electron chi connectivity index (χ2n) is 6.34. The quantitative estimate of drug-likeness (QED) is 0.677. The Bertz CT molecular complexity index is 971. The standard InChI is InChI=1S/C19H20N6O/c1-3-17(26)23-9-11-24(12-10-23)19-21-18-20-8-7-16(25(18)22-19)15-6-4-5-14(2)13-15/h3-8,13H,1,9-12H2,2H3. The lowest BCUT2D eigenvalue weighted by molar-refractivity contribution is -0.126. The first kappa shape index (κ1) is 16.3. The van der Waals surface area contributed by atoms with Crippen LogP contribution < -0.4 is 4.90 Å². The molecule has 0 bridgehead atoms. The molecule has 2 aromatic heterocycles. The predicted molar refractivity (Wildman–Crippen MR) is 99.9 cm³/mol. The van der Waals surface area contributed by atoms with Crippen molar-refractivity contribution in [2.75, 3.05) is 31.1 Å². The molecule has 0 saturated carbocycles. The molecule has 0 aliphatic carbocycles. The highest BCUT2D eigenvalue weighted by atomic mass is 16.2. The monoisotopic (exact) mass is 348 g/mol. The number of piperazine rings is 1. The van der Waals surface area contributed by atoms with Gasteiger partial charge in [-0.3, -0.25) is 4.79 Å².